The van der Waals surface area contributed by atoms with E-state index in [1.165, 1.54) is 12.1 Å². The van der Waals surface area contributed by atoms with Crippen molar-refractivity contribution in [2.75, 3.05) is 0 Å². The van der Waals surface area contributed by atoms with Crippen LogP contribution in [0.1, 0.15) is 18.1 Å². The molecule has 4 nitrogen and oxygen atoms in total. The number of imide groups is 1. The summed E-state index contributed by atoms with van der Waals surface area (Å²) in [7, 11) is 0. The zero-order chi connectivity index (χ0) is 16.6. The first kappa shape index (κ1) is 15.7. The molecule has 0 saturated carbocycles. The second-order valence-electron chi connectivity index (χ2n) is 5.56. The van der Waals surface area contributed by atoms with Crippen LogP contribution in [0.4, 0.5) is 9.18 Å². The van der Waals surface area contributed by atoms with Gasteiger partial charge in [0, 0.05) is 10.0 Å². The Bertz CT molecular complexity index is 796. The number of carbonyl (C=O) groups is 2. The van der Waals surface area contributed by atoms with Crippen LogP contribution in [0.2, 0.25) is 0 Å². The van der Waals surface area contributed by atoms with Crippen LogP contribution in [0.15, 0.2) is 53.0 Å². The Labute approximate surface area is 141 Å². The molecular formula is C17H14BrFN2O2. The van der Waals surface area contributed by atoms with Gasteiger partial charge in [-0.1, -0.05) is 46.3 Å². The fourth-order valence-corrected chi connectivity index (χ4v) is 3.39. The minimum absolute atomic E-state index is 0.0302. The second-order valence-corrected chi connectivity index (χ2v) is 6.41. The van der Waals surface area contributed by atoms with Gasteiger partial charge in [-0.15, -0.1) is 0 Å². The number of amides is 3. The summed E-state index contributed by atoms with van der Waals surface area (Å²) in [5.74, 6) is -0.762. The molecule has 0 radical (unpaired) electrons. The molecule has 0 spiro atoms. The van der Waals surface area contributed by atoms with Crippen LogP contribution in [0.25, 0.3) is 0 Å². The average molecular weight is 377 g/mol. The lowest BCUT2D eigenvalue weighted by atomic mass is 9.92. The highest BCUT2D eigenvalue weighted by Crippen LogP contribution is 2.34. The summed E-state index contributed by atoms with van der Waals surface area (Å²) < 4.78 is 14.0. The first-order valence-corrected chi connectivity index (χ1v) is 7.84. The molecule has 0 aliphatic carbocycles. The number of rotatable bonds is 3. The third-order valence-corrected chi connectivity index (χ3v) is 4.61. The Morgan fingerprint density at radius 3 is 2.61 bits per heavy atom. The van der Waals surface area contributed by atoms with Gasteiger partial charge < -0.3 is 5.32 Å². The van der Waals surface area contributed by atoms with Crippen LogP contribution in [0, 0.1) is 5.82 Å². The van der Waals surface area contributed by atoms with Gasteiger partial charge in [0.05, 0.1) is 6.54 Å². The van der Waals surface area contributed by atoms with Crippen molar-refractivity contribution in [3.8, 4) is 0 Å². The molecule has 1 aliphatic rings. The van der Waals surface area contributed by atoms with E-state index in [0.717, 1.165) is 9.37 Å². The highest BCUT2D eigenvalue weighted by atomic mass is 79.9. The summed E-state index contributed by atoms with van der Waals surface area (Å²) in [4.78, 5) is 26.2. The second kappa shape index (κ2) is 5.77. The van der Waals surface area contributed by atoms with E-state index in [4.69, 9.17) is 0 Å². The van der Waals surface area contributed by atoms with E-state index in [1.807, 2.05) is 12.1 Å². The normalized spacial score (nSPS) is 20.7. The Kier molecular flexibility index (Phi) is 3.93. The molecule has 118 valence electrons. The number of nitrogens with zero attached hydrogens (tertiary/aromatic N) is 1. The number of carbonyl (C=O) groups excluding carboxylic acids is 2. The lowest BCUT2D eigenvalue weighted by Crippen LogP contribution is -2.41. The van der Waals surface area contributed by atoms with E-state index in [2.05, 4.69) is 21.2 Å². The molecular weight excluding hydrogens is 363 g/mol. The molecule has 1 atom stereocenters. The number of hydrogen-bond acceptors (Lipinski definition) is 2. The maximum atomic E-state index is 13.3. The molecule has 0 aromatic heterocycles. The largest absolute Gasteiger partial charge is 0.325 e. The average Bonchev–Trinajstić information content (AvgIpc) is 2.72. The minimum atomic E-state index is -1.15. The van der Waals surface area contributed by atoms with Crippen molar-refractivity contribution < 1.29 is 14.0 Å². The number of halogens is 2. The smallest absolute Gasteiger partial charge is 0.319 e. The maximum Gasteiger partial charge on any atom is 0.325 e. The number of hydrogen-bond donors (Lipinski definition) is 1. The first-order chi connectivity index (χ1) is 10.9. The van der Waals surface area contributed by atoms with Crippen molar-refractivity contribution in [1.29, 1.82) is 0 Å². The van der Waals surface area contributed by atoms with Crippen molar-refractivity contribution in [2.24, 2.45) is 0 Å². The molecule has 2 aromatic rings. The van der Waals surface area contributed by atoms with Crippen molar-refractivity contribution in [2.45, 2.75) is 19.0 Å². The summed E-state index contributed by atoms with van der Waals surface area (Å²) in [6.45, 7) is 1.70. The number of benzene rings is 2. The van der Waals surface area contributed by atoms with E-state index in [0.29, 0.717) is 11.1 Å². The zero-order valence-corrected chi connectivity index (χ0v) is 13.9. The van der Waals surface area contributed by atoms with Gasteiger partial charge in [-0.2, -0.15) is 0 Å². The summed E-state index contributed by atoms with van der Waals surface area (Å²) in [5.41, 5.74) is 0.0924. The van der Waals surface area contributed by atoms with Gasteiger partial charge in [0.25, 0.3) is 5.91 Å². The Morgan fingerprint density at radius 2 is 1.91 bits per heavy atom. The molecule has 0 unspecified atom stereocenters. The maximum absolute atomic E-state index is 13.3. The van der Waals surface area contributed by atoms with Gasteiger partial charge in [-0.3, -0.25) is 9.69 Å². The highest BCUT2D eigenvalue weighted by Gasteiger charge is 2.49. The number of urea groups is 1. The zero-order valence-electron chi connectivity index (χ0n) is 12.3. The van der Waals surface area contributed by atoms with Gasteiger partial charge in [-0.05, 0) is 30.7 Å². The van der Waals surface area contributed by atoms with E-state index in [9.17, 15) is 14.0 Å². The van der Waals surface area contributed by atoms with Gasteiger partial charge >= 0.3 is 6.03 Å². The fraction of sp³-hybridized carbons (Fsp3) is 0.176. The predicted molar refractivity (Wildman–Crippen MR) is 87.0 cm³/mol. The third kappa shape index (κ3) is 2.74. The fourth-order valence-electron chi connectivity index (χ4n) is 2.71. The van der Waals surface area contributed by atoms with Crippen LogP contribution in [0.3, 0.4) is 0 Å². The molecule has 3 rings (SSSR count). The van der Waals surface area contributed by atoms with Crippen LogP contribution in [-0.2, 0) is 16.9 Å². The molecule has 6 heteroatoms. The topological polar surface area (TPSA) is 49.4 Å². The summed E-state index contributed by atoms with van der Waals surface area (Å²) >= 11 is 3.41. The third-order valence-electron chi connectivity index (χ3n) is 3.92. The Hall–Kier alpha value is -2.21. The van der Waals surface area contributed by atoms with Gasteiger partial charge in [0.2, 0.25) is 0 Å². The summed E-state index contributed by atoms with van der Waals surface area (Å²) in [6.07, 6.45) is 0. The van der Waals surface area contributed by atoms with Crippen molar-refractivity contribution in [3.05, 3.63) is 69.9 Å². The molecule has 1 aliphatic heterocycles. The SMILES string of the molecule is C[C@]1(c2ccccc2Br)NC(=O)N(Cc2cccc(F)c2)C1=O. The molecule has 23 heavy (non-hydrogen) atoms. The molecule has 3 amide bonds. The number of nitrogens with one attached hydrogen (secondary N) is 1. The van der Waals surface area contributed by atoms with Gasteiger partial charge in [-0.25, -0.2) is 9.18 Å². The first-order valence-electron chi connectivity index (χ1n) is 7.05. The van der Waals surface area contributed by atoms with Gasteiger partial charge in [0.15, 0.2) is 0 Å². The van der Waals surface area contributed by atoms with Crippen molar-refractivity contribution in [3.63, 3.8) is 0 Å². The van der Waals surface area contributed by atoms with Crippen LogP contribution in [0.5, 0.6) is 0 Å². The van der Waals surface area contributed by atoms with E-state index < -0.39 is 17.4 Å². The van der Waals surface area contributed by atoms with E-state index in [1.54, 1.807) is 31.2 Å². The van der Waals surface area contributed by atoms with Crippen molar-refractivity contribution in [1.82, 2.24) is 10.2 Å². The van der Waals surface area contributed by atoms with Gasteiger partial charge in [0.1, 0.15) is 11.4 Å². The quantitative estimate of drug-likeness (QED) is 0.832. The van der Waals surface area contributed by atoms with E-state index in [-0.39, 0.29) is 12.5 Å². The molecule has 0 bridgehead atoms. The lowest BCUT2D eigenvalue weighted by Gasteiger charge is -2.23. The van der Waals surface area contributed by atoms with Crippen LogP contribution in [-0.4, -0.2) is 16.8 Å². The summed E-state index contributed by atoms with van der Waals surface area (Å²) in [5, 5.41) is 2.74. The molecule has 2 aromatic carbocycles. The molecule has 1 fully saturated rings. The minimum Gasteiger partial charge on any atom is -0.319 e. The molecule has 1 heterocycles. The van der Waals surface area contributed by atoms with Crippen molar-refractivity contribution >= 4 is 27.9 Å². The Morgan fingerprint density at radius 1 is 1.17 bits per heavy atom. The predicted octanol–water partition coefficient (Wildman–Crippen LogP) is 3.56. The standard InChI is InChI=1S/C17H14BrFN2O2/c1-17(13-7-2-3-8-14(13)18)15(22)21(16(23)20-17)10-11-5-4-6-12(19)9-11/h2-9H,10H2,1H3,(H,20,23)/t17-/m1/s1. The lowest BCUT2D eigenvalue weighted by molar-refractivity contribution is -0.131. The summed E-state index contributed by atoms with van der Waals surface area (Å²) in [6, 6.07) is 12.6. The monoisotopic (exact) mass is 376 g/mol. The van der Waals surface area contributed by atoms with E-state index >= 15 is 0 Å². The molecule has 1 N–H and O–H groups in total. The highest BCUT2D eigenvalue weighted by molar-refractivity contribution is 9.10. The molecule has 1 saturated heterocycles. The van der Waals surface area contributed by atoms with Crippen LogP contribution < -0.4 is 5.32 Å². The Balaban J connectivity index is 1.92. The van der Waals surface area contributed by atoms with Crippen LogP contribution >= 0.6 is 15.9 Å².